The highest BCUT2D eigenvalue weighted by atomic mass is 16.2. The largest absolute Gasteiger partial charge is 0.339 e. The topological polar surface area (TPSA) is 71.0 Å². The Morgan fingerprint density at radius 3 is 2.80 bits per heavy atom. The van der Waals surface area contributed by atoms with Gasteiger partial charge in [0.2, 0.25) is 11.9 Å². The highest BCUT2D eigenvalue weighted by Crippen LogP contribution is 2.28. The number of hydrogen-bond acceptors (Lipinski definition) is 5. The first kappa shape index (κ1) is 17.1. The number of piperidine rings is 1. The molecule has 1 aliphatic heterocycles. The monoisotopic (exact) mass is 337 g/mol. The fraction of sp³-hybridized carbons (Fsp3) is 0.368. The fourth-order valence-corrected chi connectivity index (χ4v) is 3.24. The van der Waals surface area contributed by atoms with E-state index in [-0.39, 0.29) is 5.91 Å². The fourth-order valence-electron chi connectivity index (χ4n) is 3.24. The number of nitrogens with zero attached hydrogens (tertiary/aromatic N) is 4. The van der Waals surface area contributed by atoms with Crippen molar-refractivity contribution in [2.45, 2.75) is 32.6 Å². The first-order valence-corrected chi connectivity index (χ1v) is 8.52. The number of aromatic nitrogens is 3. The standard InChI is InChI=1S/C19H23N5O/c1-4-18(25)24-9-5-6-16(12-24)15-7-8-20-17(11-15)23-19-21-13(2)10-14(3)22-19/h4,7-8,10-11,16H,1,5-6,9,12H2,2-3H3,(H,20,21,22,23). The molecule has 6 heteroatoms. The van der Waals surface area contributed by atoms with Gasteiger partial charge < -0.3 is 10.2 Å². The Bertz CT molecular complexity index is 769. The molecular formula is C19H23N5O. The van der Waals surface area contributed by atoms with Crippen LogP contribution in [0.1, 0.15) is 35.7 Å². The smallest absolute Gasteiger partial charge is 0.245 e. The minimum absolute atomic E-state index is 0.000686. The van der Waals surface area contributed by atoms with E-state index >= 15 is 0 Å². The number of carbonyl (C=O) groups is 1. The molecule has 3 rings (SSSR count). The lowest BCUT2D eigenvalue weighted by atomic mass is 9.91. The molecule has 1 unspecified atom stereocenters. The van der Waals surface area contributed by atoms with Crippen molar-refractivity contribution in [1.82, 2.24) is 19.9 Å². The zero-order chi connectivity index (χ0) is 17.8. The van der Waals surface area contributed by atoms with Crippen LogP contribution in [0.2, 0.25) is 0 Å². The van der Waals surface area contributed by atoms with E-state index in [1.54, 1.807) is 6.20 Å². The first-order valence-electron chi connectivity index (χ1n) is 8.52. The van der Waals surface area contributed by atoms with Crippen LogP contribution in [0.25, 0.3) is 0 Å². The second kappa shape index (κ2) is 7.42. The molecule has 0 aliphatic carbocycles. The summed E-state index contributed by atoms with van der Waals surface area (Å²) in [5.41, 5.74) is 3.00. The predicted octanol–water partition coefficient (Wildman–Crippen LogP) is 3.12. The zero-order valence-electron chi connectivity index (χ0n) is 14.7. The van der Waals surface area contributed by atoms with Crippen molar-refractivity contribution in [1.29, 1.82) is 0 Å². The molecule has 1 amide bonds. The molecule has 25 heavy (non-hydrogen) atoms. The summed E-state index contributed by atoms with van der Waals surface area (Å²) in [5.74, 6) is 1.58. The maximum Gasteiger partial charge on any atom is 0.245 e. The molecule has 0 radical (unpaired) electrons. The SMILES string of the molecule is C=CC(=O)N1CCCC(c2ccnc(Nc3nc(C)cc(C)n3)c2)C1. The number of anilines is 2. The van der Waals surface area contributed by atoms with Crippen LogP contribution < -0.4 is 5.32 Å². The average molecular weight is 337 g/mol. The molecule has 130 valence electrons. The Kier molecular flexibility index (Phi) is 5.07. The number of amides is 1. The zero-order valence-corrected chi connectivity index (χ0v) is 14.7. The quantitative estimate of drug-likeness (QED) is 0.868. The van der Waals surface area contributed by atoms with Crippen molar-refractivity contribution in [2.75, 3.05) is 18.4 Å². The Morgan fingerprint density at radius 1 is 1.32 bits per heavy atom. The number of carbonyl (C=O) groups excluding carboxylic acids is 1. The van der Waals surface area contributed by atoms with Crippen LogP contribution in [0, 0.1) is 13.8 Å². The molecule has 1 atom stereocenters. The number of hydrogen-bond donors (Lipinski definition) is 1. The van der Waals surface area contributed by atoms with E-state index in [9.17, 15) is 4.79 Å². The second-order valence-corrected chi connectivity index (χ2v) is 6.40. The van der Waals surface area contributed by atoms with Crippen LogP contribution >= 0.6 is 0 Å². The van der Waals surface area contributed by atoms with E-state index in [1.807, 2.05) is 36.9 Å². The van der Waals surface area contributed by atoms with E-state index in [1.165, 1.54) is 11.6 Å². The second-order valence-electron chi connectivity index (χ2n) is 6.40. The lowest BCUT2D eigenvalue weighted by molar-refractivity contribution is -0.127. The molecule has 0 bridgehead atoms. The molecule has 2 aromatic rings. The van der Waals surface area contributed by atoms with Crippen molar-refractivity contribution in [3.05, 3.63) is 54.0 Å². The van der Waals surface area contributed by atoms with Gasteiger partial charge in [-0.25, -0.2) is 15.0 Å². The van der Waals surface area contributed by atoms with Gasteiger partial charge in [0.15, 0.2) is 0 Å². The Morgan fingerprint density at radius 2 is 2.08 bits per heavy atom. The van der Waals surface area contributed by atoms with Crippen LogP contribution in [0.5, 0.6) is 0 Å². The van der Waals surface area contributed by atoms with Crippen LogP contribution in [0.15, 0.2) is 37.1 Å². The van der Waals surface area contributed by atoms with Gasteiger partial charge in [0, 0.05) is 36.6 Å². The third-order valence-electron chi connectivity index (χ3n) is 4.39. The molecule has 2 aromatic heterocycles. The molecule has 3 heterocycles. The van der Waals surface area contributed by atoms with Gasteiger partial charge in [-0.2, -0.15) is 0 Å². The summed E-state index contributed by atoms with van der Waals surface area (Å²) in [6.45, 7) is 8.98. The molecule has 1 aliphatic rings. The molecule has 1 saturated heterocycles. The van der Waals surface area contributed by atoms with Crippen molar-refractivity contribution in [3.8, 4) is 0 Å². The lowest BCUT2D eigenvalue weighted by Crippen LogP contribution is -2.38. The van der Waals surface area contributed by atoms with Gasteiger partial charge in [0.25, 0.3) is 0 Å². The van der Waals surface area contributed by atoms with Gasteiger partial charge in [0.05, 0.1) is 0 Å². The molecule has 0 spiro atoms. The Labute approximate surface area is 148 Å². The summed E-state index contributed by atoms with van der Waals surface area (Å²) in [6.07, 6.45) is 5.23. The summed E-state index contributed by atoms with van der Waals surface area (Å²) in [6, 6.07) is 5.97. The minimum Gasteiger partial charge on any atom is -0.339 e. The summed E-state index contributed by atoms with van der Waals surface area (Å²) < 4.78 is 0. The van der Waals surface area contributed by atoms with Gasteiger partial charge >= 0.3 is 0 Å². The van der Waals surface area contributed by atoms with Crippen LogP contribution in [0.4, 0.5) is 11.8 Å². The van der Waals surface area contributed by atoms with Crippen LogP contribution in [-0.4, -0.2) is 38.8 Å². The highest BCUT2D eigenvalue weighted by Gasteiger charge is 2.23. The van der Waals surface area contributed by atoms with Crippen LogP contribution in [-0.2, 0) is 4.79 Å². The highest BCUT2D eigenvalue weighted by molar-refractivity contribution is 5.87. The first-order chi connectivity index (χ1) is 12.0. The molecule has 1 fully saturated rings. The van der Waals surface area contributed by atoms with E-state index in [4.69, 9.17) is 0 Å². The van der Waals surface area contributed by atoms with Crippen LogP contribution in [0.3, 0.4) is 0 Å². The maximum absolute atomic E-state index is 11.9. The van der Waals surface area contributed by atoms with Gasteiger partial charge in [-0.1, -0.05) is 6.58 Å². The van der Waals surface area contributed by atoms with Gasteiger partial charge in [-0.15, -0.1) is 0 Å². The van der Waals surface area contributed by atoms with E-state index in [0.29, 0.717) is 18.4 Å². The maximum atomic E-state index is 11.9. The van der Waals surface area contributed by atoms with Crippen molar-refractivity contribution in [3.63, 3.8) is 0 Å². The number of likely N-dealkylation sites (tertiary alicyclic amines) is 1. The summed E-state index contributed by atoms with van der Waals surface area (Å²) in [5, 5.41) is 3.18. The van der Waals surface area contributed by atoms with E-state index in [2.05, 4.69) is 26.8 Å². The third kappa shape index (κ3) is 4.21. The normalized spacial score (nSPS) is 17.2. The molecule has 1 N–H and O–H groups in total. The predicted molar refractivity (Wildman–Crippen MR) is 97.8 cm³/mol. The third-order valence-corrected chi connectivity index (χ3v) is 4.39. The number of rotatable bonds is 4. The van der Waals surface area contributed by atoms with Gasteiger partial charge in [0.1, 0.15) is 5.82 Å². The minimum atomic E-state index is 0.000686. The van der Waals surface area contributed by atoms with E-state index < -0.39 is 0 Å². The Hall–Kier alpha value is -2.76. The molecular weight excluding hydrogens is 314 g/mol. The average Bonchev–Trinajstić information content (AvgIpc) is 2.60. The number of aryl methyl sites for hydroxylation is 2. The Balaban J connectivity index is 1.77. The summed E-state index contributed by atoms with van der Waals surface area (Å²) in [7, 11) is 0. The summed E-state index contributed by atoms with van der Waals surface area (Å²) in [4.78, 5) is 26.9. The lowest BCUT2D eigenvalue weighted by Gasteiger charge is -2.32. The number of pyridine rings is 1. The van der Waals surface area contributed by atoms with Gasteiger partial charge in [-0.05, 0) is 56.5 Å². The van der Waals surface area contributed by atoms with Gasteiger partial charge in [-0.3, -0.25) is 4.79 Å². The van der Waals surface area contributed by atoms with Crippen molar-refractivity contribution >= 4 is 17.7 Å². The van der Waals surface area contributed by atoms with Crippen molar-refractivity contribution in [2.24, 2.45) is 0 Å². The molecule has 6 nitrogen and oxygen atoms in total. The number of nitrogens with one attached hydrogen (secondary N) is 1. The molecule has 0 saturated carbocycles. The summed E-state index contributed by atoms with van der Waals surface area (Å²) >= 11 is 0. The molecule has 0 aromatic carbocycles. The van der Waals surface area contributed by atoms with E-state index in [0.717, 1.165) is 36.6 Å². The van der Waals surface area contributed by atoms with Crippen molar-refractivity contribution < 1.29 is 4.79 Å².